The lowest BCUT2D eigenvalue weighted by atomic mass is 10.2. The van der Waals surface area contributed by atoms with Gasteiger partial charge in [0.1, 0.15) is 12.1 Å². The van der Waals surface area contributed by atoms with E-state index in [0.29, 0.717) is 0 Å². The molecule has 4 nitrogen and oxygen atoms in total. The summed E-state index contributed by atoms with van der Waals surface area (Å²) in [6, 6.07) is 3.56. The van der Waals surface area contributed by atoms with Gasteiger partial charge in [-0.25, -0.2) is 4.98 Å². The minimum atomic E-state index is -4.15. The van der Waals surface area contributed by atoms with Crippen molar-refractivity contribution in [2.75, 3.05) is 0 Å². The van der Waals surface area contributed by atoms with Gasteiger partial charge in [-0.1, -0.05) is 0 Å². The average Bonchev–Trinajstić information content (AvgIpc) is 2.65. The molecule has 0 unspecified atom stereocenters. The fourth-order valence-corrected chi connectivity index (χ4v) is 1.36. The van der Waals surface area contributed by atoms with Gasteiger partial charge in [-0.15, -0.1) is 0 Å². The summed E-state index contributed by atoms with van der Waals surface area (Å²) >= 11 is 0. The van der Waals surface area contributed by atoms with Crippen molar-refractivity contribution in [3.8, 4) is 12.1 Å². The lowest BCUT2D eigenvalue weighted by Gasteiger charge is -2.06. The summed E-state index contributed by atoms with van der Waals surface area (Å²) in [6.45, 7) is 0.258. The van der Waals surface area contributed by atoms with E-state index in [0.717, 1.165) is 0 Å². The van der Waals surface area contributed by atoms with Gasteiger partial charge in [0.2, 0.25) is 0 Å². The third kappa shape index (κ3) is 3.80. The van der Waals surface area contributed by atoms with Crippen molar-refractivity contribution in [2.45, 2.75) is 32.0 Å². The number of hydrogen-bond acceptors (Lipinski definition) is 3. The van der Waals surface area contributed by atoms with Crippen LogP contribution < -0.4 is 0 Å². The third-order valence-electron chi connectivity index (χ3n) is 2.16. The Labute approximate surface area is 95.9 Å². The first-order valence-electron chi connectivity index (χ1n) is 4.90. The summed E-state index contributed by atoms with van der Waals surface area (Å²) in [4.78, 5) is 3.69. The highest BCUT2D eigenvalue weighted by Gasteiger charge is 2.25. The first kappa shape index (κ1) is 13.0. The van der Waals surface area contributed by atoms with E-state index in [-0.39, 0.29) is 30.8 Å². The van der Waals surface area contributed by atoms with Crippen LogP contribution in [0.5, 0.6) is 0 Å². The molecule has 0 fully saturated rings. The van der Waals surface area contributed by atoms with Crippen molar-refractivity contribution in [1.29, 1.82) is 10.5 Å². The second-order valence-electron chi connectivity index (χ2n) is 3.43. The third-order valence-corrected chi connectivity index (χ3v) is 2.16. The van der Waals surface area contributed by atoms with Gasteiger partial charge in [0.15, 0.2) is 11.4 Å². The van der Waals surface area contributed by atoms with E-state index in [2.05, 4.69) is 4.98 Å². The average molecular weight is 242 g/mol. The quantitative estimate of drug-likeness (QED) is 0.761. The number of hydrogen-bond donors (Lipinski definition) is 0. The molecule has 90 valence electrons. The van der Waals surface area contributed by atoms with Crippen molar-refractivity contribution >= 4 is 0 Å². The molecule has 0 amide bonds. The summed E-state index contributed by atoms with van der Waals surface area (Å²) in [5.74, 6) is 0. The zero-order valence-electron chi connectivity index (χ0n) is 8.83. The lowest BCUT2D eigenvalue weighted by molar-refractivity contribution is -0.135. The molecule has 0 aliphatic rings. The second-order valence-corrected chi connectivity index (χ2v) is 3.43. The van der Waals surface area contributed by atoms with Crippen LogP contribution in [0.25, 0.3) is 0 Å². The summed E-state index contributed by atoms with van der Waals surface area (Å²) in [5, 5.41) is 17.4. The number of aromatic nitrogens is 2. The predicted molar refractivity (Wildman–Crippen MR) is 51.6 cm³/mol. The molecule has 0 aromatic carbocycles. The molecule has 7 heteroatoms. The molecule has 1 heterocycles. The van der Waals surface area contributed by atoms with E-state index in [1.165, 1.54) is 10.9 Å². The summed E-state index contributed by atoms with van der Waals surface area (Å²) in [7, 11) is 0. The van der Waals surface area contributed by atoms with Gasteiger partial charge >= 0.3 is 6.18 Å². The Hall–Kier alpha value is -2.02. The molecule has 0 saturated carbocycles. The first-order valence-corrected chi connectivity index (χ1v) is 4.90. The topological polar surface area (TPSA) is 65.4 Å². The van der Waals surface area contributed by atoms with Gasteiger partial charge in [0.25, 0.3) is 0 Å². The van der Waals surface area contributed by atoms with Crippen LogP contribution in [-0.2, 0) is 6.54 Å². The maximum Gasteiger partial charge on any atom is 0.389 e. The van der Waals surface area contributed by atoms with Crippen molar-refractivity contribution in [1.82, 2.24) is 9.55 Å². The van der Waals surface area contributed by atoms with E-state index in [1.807, 2.05) is 6.07 Å². The largest absolute Gasteiger partial charge is 0.389 e. The fraction of sp³-hybridized carbons (Fsp3) is 0.500. The molecule has 0 aliphatic heterocycles. The van der Waals surface area contributed by atoms with E-state index in [9.17, 15) is 13.2 Å². The molecule has 0 radical (unpaired) electrons. The van der Waals surface area contributed by atoms with Crippen LogP contribution in [0.15, 0.2) is 6.33 Å². The van der Waals surface area contributed by atoms with E-state index < -0.39 is 12.6 Å². The smallest absolute Gasteiger partial charge is 0.321 e. The number of rotatable bonds is 4. The molecular formula is C10H9F3N4. The molecule has 1 aromatic rings. The van der Waals surface area contributed by atoms with Gasteiger partial charge < -0.3 is 4.57 Å². The van der Waals surface area contributed by atoms with Crippen LogP contribution in [0.3, 0.4) is 0 Å². The molecule has 0 bridgehead atoms. The number of nitrogens with zero attached hydrogens (tertiary/aromatic N) is 4. The molecular weight excluding hydrogens is 233 g/mol. The van der Waals surface area contributed by atoms with Crippen LogP contribution in [0.4, 0.5) is 13.2 Å². The molecule has 0 spiro atoms. The SMILES string of the molecule is N#Cc1ncn(CCCCC(F)(F)F)c1C#N. The molecule has 1 aromatic heterocycles. The maximum atomic E-state index is 11.9. The van der Waals surface area contributed by atoms with Crippen molar-refractivity contribution in [3.05, 3.63) is 17.7 Å². The Kier molecular flexibility index (Phi) is 4.11. The minimum absolute atomic E-state index is 0.00308. The highest BCUT2D eigenvalue weighted by Crippen LogP contribution is 2.22. The Morgan fingerprint density at radius 1 is 1.24 bits per heavy atom. The van der Waals surface area contributed by atoms with Gasteiger partial charge in [0.05, 0.1) is 6.33 Å². The Morgan fingerprint density at radius 3 is 2.47 bits per heavy atom. The molecule has 0 N–H and O–H groups in total. The summed E-state index contributed by atoms with van der Waals surface area (Å²) in [5.41, 5.74) is 0.0998. The van der Waals surface area contributed by atoms with Crippen molar-refractivity contribution < 1.29 is 13.2 Å². The minimum Gasteiger partial charge on any atom is -0.321 e. The number of aryl methyl sites for hydroxylation is 1. The first-order chi connectivity index (χ1) is 7.98. The standard InChI is InChI=1S/C10H9F3N4/c11-10(12,13)3-1-2-4-17-7-16-8(5-14)9(17)6-15/h7H,1-4H2. The molecule has 0 aliphatic carbocycles. The van der Waals surface area contributed by atoms with Crippen molar-refractivity contribution in [3.63, 3.8) is 0 Å². The monoisotopic (exact) mass is 242 g/mol. The zero-order valence-corrected chi connectivity index (χ0v) is 8.83. The maximum absolute atomic E-state index is 11.9. The number of unbranched alkanes of at least 4 members (excludes halogenated alkanes) is 1. The molecule has 17 heavy (non-hydrogen) atoms. The van der Waals surface area contributed by atoms with Crippen molar-refractivity contribution in [2.24, 2.45) is 0 Å². The molecule has 0 saturated heterocycles. The van der Waals surface area contributed by atoms with Gasteiger partial charge in [-0.2, -0.15) is 23.7 Å². The number of halogens is 3. The van der Waals surface area contributed by atoms with Crippen LogP contribution in [0, 0.1) is 22.7 Å². The zero-order chi connectivity index (χ0) is 12.9. The Bertz CT molecular complexity index is 461. The van der Waals surface area contributed by atoms with Gasteiger partial charge in [-0.05, 0) is 12.8 Å². The Balaban J connectivity index is 2.51. The normalized spacial score (nSPS) is 10.9. The Morgan fingerprint density at radius 2 is 1.94 bits per heavy atom. The van der Waals surface area contributed by atoms with Crippen LogP contribution in [-0.4, -0.2) is 15.7 Å². The van der Waals surface area contributed by atoms with E-state index in [4.69, 9.17) is 10.5 Å². The van der Waals surface area contributed by atoms with Crippen LogP contribution in [0.2, 0.25) is 0 Å². The highest BCUT2D eigenvalue weighted by atomic mass is 19.4. The van der Waals surface area contributed by atoms with Crippen LogP contribution >= 0.6 is 0 Å². The number of imidazole rings is 1. The number of alkyl halides is 3. The molecule has 0 atom stereocenters. The number of nitriles is 2. The van der Waals surface area contributed by atoms with E-state index in [1.54, 1.807) is 6.07 Å². The highest BCUT2D eigenvalue weighted by molar-refractivity contribution is 5.35. The lowest BCUT2D eigenvalue weighted by Crippen LogP contribution is -2.08. The molecule has 1 rings (SSSR count). The van der Waals surface area contributed by atoms with Crippen LogP contribution in [0.1, 0.15) is 30.7 Å². The van der Waals surface area contributed by atoms with Gasteiger partial charge in [-0.3, -0.25) is 0 Å². The summed E-state index contributed by atoms with van der Waals surface area (Å²) in [6.07, 6.45) is -3.41. The van der Waals surface area contributed by atoms with Gasteiger partial charge in [0, 0.05) is 13.0 Å². The fourth-order valence-electron chi connectivity index (χ4n) is 1.36. The van der Waals surface area contributed by atoms with E-state index >= 15 is 0 Å². The summed E-state index contributed by atoms with van der Waals surface area (Å²) < 4.78 is 37.0. The second kappa shape index (κ2) is 5.35. The predicted octanol–water partition coefficient (Wildman–Crippen LogP) is 2.36.